The summed E-state index contributed by atoms with van der Waals surface area (Å²) in [5.74, 6) is 1.11. The van der Waals surface area contributed by atoms with Crippen LogP contribution in [0.15, 0.2) is 0 Å². The van der Waals surface area contributed by atoms with Crippen LogP contribution in [0.3, 0.4) is 0 Å². The Morgan fingerprint density at radius 2 is 1.50 bits per heavy atom. The molecule has 1 heterocycles. The van der Waals surface area contributed by atoms with E-state index in [1.807, 2.05) is 0 Å². The summed E-state index contributed by atoms with van der Waals surface area (Å²) in [6.07, 6.45) is 11.9. The molecule has 0 unspecified atom stereocenters. The van der Waals surface area contributed by atoms with E-state index >= 15 is 0 Å². The van der Waals surface area contributed by atoms with Gasteiger partial charge in [0, 0.05) is 6.54 Å². The molecule has 2 saturated carbocycles. The molecular weight excluding hydrogens is 214 g/mol. The fourth-order valence-corrected chi connectivity index (χ4v) is 4.24. The lowest BCUT2D eigenvalue weighted by atomic mass is 9.77. The second-order valence-corrected chi connectivity index (χ2v) is 6.96. The van der Waals surface area contributed by atoms with Gasteiger partial charge >= 0.3 is 0 Å². The second kappa shape index (κ2) is 4.20. The third kappa shape index (κ3) is 2.15. The van der Waals surface area contributed by atoms with Gasteiger partial charge in [-0.3, -0.25) is 0 Å². The van der Waals surface area contributed by atoms with Crippen LogP contribution in [-0.4, -0.2) is 30.3 Å². The molecule has 92 valence electrons. The Morgan fingerprint density at radius 1 is 0.875 bits per heavy atom. The van der Waals surface area contributed by atoms with E-state index in [1.165, 1.54) is 71.0 Å². The van der Waals surface area contributed by atoms with Crippen molar-refractivity contribution in [3.8, 4) is 0 Å². The van der Waals surface area contributed by atoms with Crippen LogP contribution in [0.25, 0.3) is 0 Å². The van der Waals surface area contributed by atoms with Gasteiger partial charge in [-0.05, 0) is 68.2 Å². The van der Waals surface area contributed by atoms with Crippen molar-refractivity contribution in [3.63, 3.8) is 0 Å². The first-order valence-corrected chi connectivity index (χ1v) is 7.73. The van der Waals surface area contributed by atoms with Gasteiger partial charge in [0.1, 0.15) is 0 Å². The maximum Gasteiger partial charge on any atom is 0.00458 e. The van der Waals surface area contributed by atoms with Crippen molar-refractivity contribution in [2.75, 3.05) is 25.4 Å². The molecule has 1 aliphatic heterocycles. The van der Waals surface area contributed by atoms with Crippen molar-refractivity contribution in [1.29, 1.82) is 0 Å². The number of hydrogen-bond donors (Lipinski definition) is 1. The molecule has 1 nitrogen and oxygen atoms in total. The third-order valence-corrected chi connectivity index (χ3v) is 6.10. The quantitative estimate of drug-likeness (QED) is 0.739. The predicted octanol–water partition coefficient (Wildman–Crippen LogP) is 3.35. The molecule has 16 heavy (non-hydrogen) atoms. The lowest BCUT2D eigenvalue weighted by molar-refractivity contribution is 0.0952. The number of hydrogen-bond acceptors (Lipinski definition) is 2. The highest BCUT2D eigenvalue weighted by Crippen LogP contribution is 2.50. The summed E-state index contributed by atoms with van der Waals surface area (Å²) in [5.41, 5.74) is 1.41. The monoisotopic (exact) mass is 239 g/mol. The molecule has 3 aliphatic rings. The van der Waals surface area contributed by atoms with Crippen LogP contribution in [0.4, 0.5) is 0 Å². The van der Waals surface area contributed by atoms with Gasteiger partial charge in [0.05, 0.1) is 0 Å². The molecule has 0 aromatic carbocycles. The summed E-state index contributed by atoms with van der Waals surface area (Å²) >= 11 is 4.52. The minimum Gasteiger partial charge on any atom is -0.303 e. The summed E-state index contributed by atoms with van der Waals surface area (Å²) in [7, 11) is 0. The van der Waals surface area contributed by atoms with Crippen molar-refractivity contribution >= 4 is 12.6 Å². The Hall–Kier alpha value is 0.310. The summed E-state index contributed by atoms with van der Waals surface area (Å²) in [4.78, 5) is 2.73. The normalized spacial score (nSPS) is 32.1. The smallest absolute Gasteiger partial charge is 0.00458 e. The number of rotatable bonds is 3. The van der Waals surface area contributed by atoms with Crippen LogP contribution in [0.1, 0.15) is 51.4 Å². The number of thiol groups is 1. The molecule has 0 amide bonds. The molecule has 0 aromatic heterocycles. The highest BCUT2D eigenvalue weighted by molar-refractivity contribution is 7.80. The van der Waals surface area contributed by atoms with Crippen LogP contribution >= 0.6 is 12.6 Å². The van der Waals surface area contributed by atoms with Gasteiger partial charge in [-0.1, -0.05) is 12.8 Å². The zero-order chi connectivity index (χ0) is 11.1. The third-order valence-electron chi connectivity index (χ3n) is 5.43. The minimum atomic E-state index is 0.628. The number of piperidine rings is 1. The maximum absolute atomic E-state index is 4.52. The fourth-order valence-electron chi connectivity index (χ4n) is 3.83. The first-order chi connectivity index (χ1) is 7.76. The first kappa shape index (κ1) is 11.4. The van der Waals surface area contributed by atoms with E-state index in [2.05, 4.69) is 17.5 Å². The van der Waals surface area contributed by atoms with Crippen molar-refractivity contribution in [1.82, 2.24) is 4.90 Å². The van der Waals surface area contributed by atoms with Crippen molar-refractivity contribution < 1.29 is 0 Å². The first-order valence-electron chi connectivity index (χ1n) is 7.09. The summed E-state index contributed by atoms with van der Waals surface area (Å²) < 4.78 is 0. The Morgan fingerprint density at radius 3 is 2.00 bits per heavy atom. The zero-order valence-electron chi connectivity index (χ0n) is 10.4. The summed E-state index contributed by atoms with van der Waals surface area (Å²) in [5, 5.41) is 0. The SMILES string of the molecule is SCC1(CN2CCC3(CCCC3)CC2)CC1. The largest absolute Gasteiger partial charge is 0.303 e. The van der Waals surface area contributed by atoms with Gasteiger partial charge in [-0.2, -0.15) is 12.6 Å². The van der Waals surface area contributed by atoms with Gasteiger partial charge in [-0.25, -0.2) is 0 Å². The van der Waals surface area contributed by atoms with Gasteiger partial charge < -0.3 is 4.90 Å². The van der Waals surface area contributed by atoms with E-state index < -0.39 is 0 Å². The van der Waals surface area contributed by atoms with Crippen LogP contribution in [0.5, 0.6) is 0 Å². The van der Waals surface area contributed by atoms with E-state index in [-0.39, 0.29) is 0 Å². The summed E-state index contributed by atoms with van der Waals surface area (Å²) in [6, 6.07) is 0. The lowest BCUT2D eigenvalue weighted by Crippen LogP contribution is -2.41. The van der Waals surface area contributed by atoms with Gasteiger partial charge in [0.25, 0.3) is 0 Å². The molecule has 0 N–H and O–H groups in total. The number of likely N-dealkylation sites (tertiary alicyclic amines) is 1. The zero-order valence-corrected chi connectivity index (χ0v) is 11.3. The standard InChI is InChI=1S/C14H25NS/c16-12-14(5-6-14)11-15-9-7-13(8-10-15)3-1-2-4-13/h16H,1-12H2. The Kier molecular flexibility index (Phi) is 3.00. The van der Waals surface area contributed by atoms with Crippen molar-refractivity contribution in [2.24, 2.45) is 10.8 Å². The van der Waals surface area contributed by atoms with E-state index in [9.17, 15) is 0 Å². The number of nitrogens with zero attached hydrogens (tertiary/aromatic N) is 1. The van der Waals surface area contributed by atoms with Crippen LogP contribution < -0.4 is 0 Å². The molecule has 0 aromatic rings. The van der Waals surface area contributed by atoms with E-state index in [0.29, 0.717) is 5.41 Å². The van der Waals surface area contributed by atoms with E-state index in [0.717, 1.165) is 11.2 Å². The highest BCUT2D eigenvalue weighted by Gasteiger charge is 2.44. The molecule has 0 bridgehead atoms. The van der Waals surface area contributed by atoms with Crippen LogP contribution in [0.2, 0.25) is 0 Å². The van der Waals surface area contributed by atoms with Crippen molar-refractivity contribution in [2.45, 2.75) is 51.4 Å². The van der Waals surface area contributed by atoms with Gasteiger partial charge in [0.15, 0.2) is 0 Å². The van der Waals surface area contributed by atoms with E-state index in [4.69, 9.17) is 0 Å². The molecule has 3 rings (SSSR count). The van der Waals surface area contributed by atoms with Gasteiger partial charge in [-0.15, -0.1) is 0 Å². The predicted molar refractivity (Wildman–Crippen MR) is 72.1 cm³/mol. The Labute approximate surface area is 105 Å². The van der Waals surface area contributed by atoms with Crippen molar-refractivity contribution in [3.05, 3.63) is 0 Å². The Bertz CT molecular complexity index is 243. The molecule has 0 atom stereocenters. The fraction of sp³-hybridized carbons (Fsp3) is 1.00. The lowest BCUT2D eigenvalue weighted by Gasteiger charge is -2.40. The molecule has 3 fully saturated rings. The molecule has 1 spiro atoms. The molecule has 0 radical (unpaired) electrons. The second-order valence-electron chi connectivity index (χ2n) is 6.64. The average molecular weight is 239 g/mol. The maximum atomic E-state index is 4.52. The topological polar surface area (TPSA) is 3.24 Å². The summed E-state index contributed by atoms with van der Waals surface area (Å²) in [6.45, 7) is 4.08. The molecular formula is C14H25NS. The van der Waals surface area contributed by atoms with Gasteiger partial charge in [0.2, 0.25) is 0 Å². The molecule has 1 saturated heterocycles. The van der Waals surface area contributed by atoms with Crippen LogP contribution in [-0.2, 0) is 0 Å². The Balaban J connectivity index is 1.51. The highest BCUT2D eigenvalue weighted by atomic mass is 32.1. The molecule has 2 aliphatic carbocycles. The minimum absolute atomic E-state index is 0.628. The molecule has 2 heteroatoms. The average Bonchev–Trinajstić information content (AvgIpc) is 2.95. The van der Waals surface area contributed by atoms with Crippen LogP contribution in [0, 0.1) is 10.8 Å². The van der Waals surface area contributed by atoms with E-state index in [1.54, 1.807) is 0 Å².